The molecule has 0 radical (unpaired) electrons. The molecule has 0 heterocycles. The average molecular weight is 478 g/mol. The van der Waals surface area contributed by atoms with E-state index in [1.807, 2.05) is 58.0 Å². The number of amides is 2. The van der Waals surface area contributed by atoms with E-state index < -0.39 is 36.1 Å². The maximum atomic E-state index is 12.9. The van der Waals surface area contributed by atoms with Gasteiger partial charge in [-0.2, -0.15) is 0 Å². The van der Waals surface area contributed by atoms with Crippen LogP contribution in [0, 0.1) is 5.92 Å². The molecule has 1 aliphatic rings. The largest absolute Gasteiger partial charge is 0.447 e. The lowest BCUT2D eigenvalue weighted by molar-refractivity contribution is -0.139. The SMILES string of the molecule is CC(C)C[C@H](NC(=O)OCCOC(C)C)C(O)N[C@@H](Cc1ccccc1)C(=O)C(=O)NC1CC1. The Balaban J connectivity index is 2.04. The summed E-state index contributed by atoms with van der Waals surface area (Å²) in [6, 6.07) is 7.63. The Labute approximate surface area is 202 Å². The Morgan fingerprint density at radius 3 is 2.32 bits per heavy atom. The summed E-state index contributed by atoms with van der Waals surface area (Å²) in [6.07, 6.45) is 0.464. The molecule has 4 N–H and O–H groups in total. The second kappa shape index (κ2) is 14.0. The lowest BCUT2D eigenvalue weighted by atomic mass is 9.99. The fraction of sp³-hybridized carbons (Fsp3) is 0.640. The maximum absolute atomic E-state index is 12.9. The second-order valence-electron chi connectivity index (χ2n) is 9.40. The van der Waals surface area contributed by atoms with Crippen LogP contribution in [0.1, 0.15) is 52.5 Å². The number of hydrogen-bond donors (Lipinski definition) is 4. The molecule has 0 saturated heterocycles. The fourth-order valence-corrected chi connectivity index (χ4v) is 3.43. The first-order valence-corrected chi connectivity index (χ1v) is 12.0. The molecule has 34 heavy (non-hydrogen) atoms. The van der Waals surface area contributed by atoms with E-state index >= 15 is 0 Å². The van der Waals surface area contributed by atoms with Crippen LogP contribution in [0.3, 0.4) is 0 Å². The number of rotatable bonds is 15. The molecule has 1 saturated carbocycles. The Hall–Kier alpha value is -2.49. The molecule has 1 fully saturated rings. The quantitative estimate of drug-likeness (QED) is 0.173. The fourth-order valence-electron chi connectivity index (χ4n) is 3.43. The van der Waals surface area contributed by atoms with E-state index in [-0.39, 0.29) is 37.7 Å². The highest BCUT2D eigenvalue weighted by molar-refractivity contribution is 6.38. The lowest BCUT2D eigenvalue weighted by Crippen LogP contribution is -2.57. The van der Waals surface area contributed by atoms with Crippen molar-refractivity contribution in [2.75, 3.05) is 13.2 Å². The highest BCUT2D eigenvalue weighted by atomic mass is 16.6. The molecule has 1 aliphatic carbocycles. The minimum atomic E-state index is -1.27. The first-order chi connectivity index (χ1) is 16.2. The number of carbonyl (C=O) groups excluding carboxylic acids is 3. The molecule has 9 heteroatoms. The van der Waals surface area contributed by atoms with Gasteiger partial charge in [-0.05, 0) is 51.0 Å². The summed E-state index contributed by atoms with van der Waals surface area (Å²) in [5.41, 5.74) is 0.845. The summed E-state index contributed by atoms with van der Waals surface area (Å²) in [6.45, 7) is 8.04. The first-order valence-electron chi connectivity index (χ1n) is 12.0. The van der Waals surface area contributed by atoms with Crippen molar-refractivity contribution in [3.8, 4) is 0 Å². The van der Waals surface area contributed by atoms with Crippen LogP contribution in [0.5, 0.6) is 0 Å². The number of aliphatic hydroxyl groups is 1. The Morgan fingerprint density at radius 2 is 1.74 bits per heavy atom. The van der Waals surface area contributed by atoms with Gasteiger partial charge in [0.2, 0.25) is 5.78 Å². The molecule has 2 amide bonds. The molecule has 0 aliphatic heterocycles. The molecular weight excluding hydrogens is 438 g/mol. The van der Waals surface area contributed by atoms with E-state index in [9.17, 15) is 19.5 Å². The van der Waals surface area contributed by atoms with Crippen LogP contribution in [0.25, 0.3) is 0 Å². The van der Waals surface area contributed by atoms with E-state index in [0.29, 0.717) is 6.42 Å². The van der Waals surface area contributed by atoms with Crippen molar-refractivity contribution >= 4 is 17.8 Å². The molecule has 0 bridgehead atoms. The van der Waals surface area contributed by atoms with Gasteiger partial charge in [0.1, 0.15) is 12.8 Å². The highest BCUT2D eigenvalue weighted by Gasteiger charge is 2.33. The number of benzene rings is 1. The third kappa shape index (κ3) is 10.6. The summed E-state index contributed by atoms with van der Waals surface area (Å²) < 4.78 is 10.5. The van der Waals surface area contributed by atoms with Crippen molar-refractivity contribution < 1.29 is 29.0 Å². The van der Waals surface area contributed by atoms with Gasteiger partial charge in [-0.3, -0.25) is 14.9 Å². The summed E-state index contributed by atoms with van der Waals surface area (Å²) >= 11 is 0. The summed E-state index contributed by atoms with van der Waals surface area (Å²) in [4.78, 5) is 37.6. The molecule has 0 spiro atoms. The van der Waals surface area contributed by atoms with Crippen LogP contribution in [-0.4, -0.2) is 66.6 Å². The second-order valence-corrected chi connectivity index (χ2v) is 9.40. The zero-order chi connectivity index (χ0) is 25.1. The van der Waals surface area contributed by atoms with Crippen LogP contribution in [0.4, 0.5) is 4.79 Å². The maximum Gasteiger partial charge on any atom is 0.407 e. The predicted octanol–water partition coefficient (Wildman–Crippen LogP) is 1.92. The zero-order valence-corrected chi connectivity index (χ0v) is 20.6. The summed E-state index contributed by atoms with van der Waals surface area (Å²) in [7, 11) is 0. The molecule has 1 aromatic carbocycles. The van der Waals surface area contributed by atoms with Crippen molar-refractivity contribution in [3.63, 3.8) is 0 Å². The van der Waals surface area contributed by atoms with E-state index in [1.165, 1.54) is 0 Å². The molecule has 9 nitrogen and oxygen atoms in total. The number of aliphatic hydroxyl groups excluding tert-OH is 1. The highest BCUT2D eigenvalue weighted by Crippen LogP contribution is 2.19. The molecule has 190 valence electrons. The van der Waals surface area contributed by atoms with Crippen molar-refractivity contribution in [1.82, 2.24) is 16.0 Å². The van der Waals surface area contributed by atoms with Crippen molar-refractivity contribution in [2.24, 2.45) is 5.92 Å². The van der Waals surface area contributed by atoms with Crippen molar-refractivity contribution in [2.45, 2.75) is 83.8 Å². The standard InChI is InChI=1S/C25H39N3O6/c1-16(2)14-21(28-25(32)34-13-12-33-17(3)4)23(30)27-20(15-18-8-6-5-7-9-18)22(29)24(31)26-19-10-11-19/h5-9,16-17,19-21,23,27,30H,10-15H2,1-4H3,(H,26,31)(H,28,32)/t20-,21-,23?/m0/s1. The zero-order valence-electron chi connectivity index (χ0n) is 20.6. The van der Waals surface area contributed by atoms with E-state index in [1.54, 1.807) is 0 Å². The van der Waals surface area contributed by atoms with Gasteiger partial charge >= 0.3 is 6.09 Å². The van der Waals surface area contributed by atoms with Gasteiger partial charge in [-0.25, -0.2) is 4.79 Å². The predicted molar refractivity (Wildman–Crippen MR) is 128 cm³/mol. The number of hydrogen-bond acceptors (Lipinski definition) is 7. The topological polar surface area (TPSA) is 126 Å². The van der Waals surface area contributed by atoms with E-state index in [0.717, 1.165) is 18.4 Å². The number of alkyl carbamates (subject to hydrolysis) is 1. The Morgan fingerprint density at radius 1 is 1.06 bits per heavy atom. The minimum absolute atomic E-state index is 0.0302. The monoisotopic (exact) mass is 477 g/mol. The summed E-state index contributed by atoms with van der Waals surface area (Å²) in [5.74, 6) is -1.17. The molecule has 1 unspecified atom stereocenters. The van der Waals surface area contributed by atoms with E-state index in [4.69, 9.17) is 9.47 Å². The van der Waals surface area contributed by atoms with Crippen molar-refractivity contribution in [1.29, 1.82) is 0 Å². The third-order valence-corrected chi connectivity index (χ3v) is 5.28. The Bertz CT molecular complexity index is 782. The molecule has 0 aromatic heterocycles. The number of carbonyl (C=O) groups is 3. The summed E-state index contributed by atoms with van der Waals surface area (Å²) in [5, 5.41) is 19.2. The molecule has 1 aromatic rings. The van der Waals surface area contributed by atoms with Crippen LogP contribution in [-0.2, 0) is 25.5 Å². The number of Topliss-reactive ketones (excluding diaryl/α,β-unsaturated/α-hetero) is 1. The average Bonchev–Trinajstić information content (AvgIpc) is 3.59. The molecule has 3 atom stereocenters. The number of ether oxygens (including phenoxy) is 2. The van der Waals surface area contributed by atoms with Crippen molar-refractivity contribution in [3.05, 3.63) is 35.9 Å². The van der Waals surface area contributed by atoms with Crippen LogP contribution < -0.4 is 16.0 Å². The number of nitrogens with one attached hydrogen (secondary N) is 3. The van der Waals surface area contributed by atoms with Crippen LogP contribution >= 0.6 is 0 Å². The lowest BCUT2D eigenvalue weighted by Gasteiger charge is -2.29. The van der Waals surface area contributed by atoms with Gasteiger partial charge in [0.15, 0.2) is 0 Å². The first kappa shape index (κ1) is 27.8. The van der Waals surface area contributed by atoms with Gasteiger partial charge in [0.25, 0.3) is 5.91 Å². The minimum Gasteiger partial charge on any atom is -0.447 e. The van der Waals surface area contributed by atoms with Gasteiger partial charge in [0.05, 0.1) is 24.8 Å². The van der Waals surface area contributed by atoms with Crippen LogP contribution in [0.2, 0.25) is 0 Å². The van der Waals surface area contributed by atoms with Gasteiger partial charge < -0.3 is 25.2 Å². The smallest absolute Gasteiger partial charge is 0.407 e. The third-order valence-electron chi connectivity index (χ3n) is 5.28. The number of ketones is 1. The van der Waals surface area contributed by atoms with Gasteiger partial charge in [-0.15, -0.1) is 0 Å². The molecular formula is C25H39N3O6. The van der Waals surface area contributed by atoms with Gasteiger partial charge in [-0.1, -0.05) is 44.2 Å². The Kier molecular flexibility index (Phi) is 11.5. The van der Waals surface area contributed by atoms with Gasteiger partial charge in [0, 0.05) is 6.04 Å². The normalized spacial score (nSPS) is 16.1. The van der Waals surface area contributed by atoms with E-state index in [2.05, 4.69) is 16.0 Å². The molecule has 2 rings (SSSR count). The van der Waals surface area contributed by atoms with Crippen LogP contribution in [0.15, 0.2) is 30.3 Å².